The molecule has 4 rings (SSSR count). The molecule has 2 heterocycles. The Hall–Kier alpha value is -2.38. The van der Waals surface area contributed by atoms with Crippen molar-refractivity contribution in [2.75, 3.05) is 33.3 Å². The maximum atomic E-state index is 13.2. The first kappa shape index (κ1) is 22.8. The highest BCUT2D eigenvalue weighted by Gasteiger charge is 2.31. The second kappa shape index (κ2) is 10.0. The van der Waals surface area contributed by atoms with Gasteiger partial charge in [-0.15, -0.1) is 0 Å². The van der Waals surface area contributed by atoms with E-state index in [1.165, 1.54) is 23.0 Å². The standard InChI is InChI=1S/C25H32N2O4S/c1-31-23-12-11-22(19-24(23)32(29,30)27-15-5-6-16-27)25(28)26-17-13-21(14-18-26)10-9-20-7-3-2-4-8-20/h2-4,7-8,11-12,19,21H,5-6,9-10,13-18H2,1H3. The molecule has 2 aromatic rings. The summed E-state index contributed by atoms with van der Waals surface area (Å²) >= 11 is 0. The van der Waals surface area contributed by atoms with Crippen LogP contribution in [0.25, 0.3) is 0 Å². The van der Waals surface area contributed by atoms with Gasteiger partial charge in [-0.05, 0) is 68.2 Å². The van der Waals surface area contributed by atoms with E-state index in [0.717, 1.165) is 38.5 Å². The van der Waals surface area contributed by atoms with Gasteiger partial charge in [0.25, 0.3) is 5.91 Å². The molecule has 2 fully saturated rings. The molecule has 0 atom stereocenters. The molecule has 172 valence electrons. The van der Waals surface area contributed by atoms with Crippen LogP contribution in [0.1, 0.15) is 48.0 Å². The van der Waals surface area contributed by atoms with Crippen molar-refractivity contribution in [1.29, 1.82) is 0 Å². The van der Waals surface area contributed by atoms with E-state index in [0.29, 0.717) is 37.7 Å². The first-order valence-corrected chi connectivity index (χ1v) is 12.9. The minimum atomic E-state index is -3.67. The third-order valence-corrected chi connectivity index (χ3v) is 8.60. The summed E-state index contributed by atoms with van der Waals surface area (Å²) < 4.78 is 33.0. The quantitative estimate of drug-likeness (QED) is 0.632. The molecule has 1 amide bonds. The first-order chi connectivity index (χ1) is 15.5. The van der Waals surface area contributed by atoms with Crippen LogP contribution < -0.4 is 4.74 Å². The van der Waals surface area contributed by atoms with Crippen molar-refractivity contribution >= 4 is 15.9 Å². The summed E-state index contributed by atoms with van der Waals surface area (Å²) in [6.07, 6.45) is 5.88. The van der Waals surface area contributed by atoms with Crippen LogP contribution in [0.4, 0.5) is 0 Å². The van der Waals surface area contributed by atoms with E-state index < -0.39 is 10.0 Å². The van der Waals surface area contributed by atoms with Gasteiger partial charge >= 0.3 is 0 Å². The van der Waals surface area contributed by atoms with Crippen molar-refractivity contribution in [1.82, 2.24) is 9.21 Å². The SMILES string of the molecule is COc1ccc(C(=O)N2CCC(CCc3ccccc3)CC2)cc1S(=O)(=O)N1CCCC1. The van der Waals surface area contributed by atoms with Crippen molar-refractivity contribution in [2.45, 2.75) is 43.4 Å². The summed E-state index contributed by atoms with van der Waals surface area (Å²) in [7, 11) is -2.21. The van der Waals surface area contributed by atoms with Gasteiger partial charge in [0.1, 0.15) is 10.6 Å². The van der Waals surface area contributed by atoms with E-state index in [-0.39, 0.29) is 16.6 Å². The minimum Gasteiger partial charge on any atom is -0.495 e. The highest BCUT2D eigenvalue weighted by Crippen LogP contribution is 2.31. The van der Waals surface area contributed by atoms with E-state index in [9.17, 15) is 13.2 Å². The number of carbonyl (C=O) groups excluding carboxylic acids is 1. The first-order valence-electron chi connectivity index (χ1n) is 11.5. The molecule has 0 spiro atoms. The Morgan fingerprint density at radius 3 is 2.34 bits per heavy atom. The largest absolute Gasteiger partial charge is 0.495 e. The van der Waals surface area contributed by atoms with Gasteiger partial charge in [0.15, 0.2) is 0 Å². The Bertz CT molecular complexity index is 1030. The summed E-state index contributed by atoms with van der Waals surface area (Å²) in [6.45, 7) is 2.44. The third kappa shape index (κ3) is 4.99. The smallest absolute Gasteiger partial charge is 0.253 e. The van der Waals surface area contributed by atoms with Gasteiger partial charge in [-0.25, -0.2) is 8.42 Å². The molecule has 2 aliphatic heterocycles. The fourth-order valence-corrected chi connectivity index (χ4v) is 6.40. The number of piperidine rings is 1. The lowest BCUT2D eigenvalue weighted by Crippen LogP contribution is -2.38. The average Bonchev–Trinajstić information content (AvgIpc) is 3.39. The van der Waals surface area contributed by atoms with E-state index in [4.69, 9.17) is 4.74 Å². The van der Waals surface area contributed by atoms with Gasteiger partial charge in [-0.2, -0.15) is 4.31 Å². The van der Waals surface area contributed by atoms with Crippen LogP contribution >= 0.6 is 0 Å². The summed E-state index contributed by atoms with van der Waals surface area (Å²) in [5.41, 5.74) is 1.77. The normalized spacial score (nSPS) is 18.1. The van der Waals surface area contributed by atoms with Gasteiger partial charge in [-0.3, -0.25) is 4.79 Å². The van der Waals surface area contributed by atoms with Gasteiger partial charge in [0.05, 0.1) is 7.11 Å². The number of benzene rings is 2. The summed E-state index contributed by atoms with van der Waals surface area (Å²) in [6, 6.07) is 15.3. The number of carbonyl (C=O) groups is 1. The Kier molecular flexibility index (Phi) is 7.16. The molecule has 2 saturated heterocycles. The van der Waals surface area contributed by atoms with Crippen molar-refractivity contribution < 1.29 is 17.9 Å². The summed E-state index contributed by atoms with van der Waals surface area (Å²) in [5.74, 6) is 0.793. The fraction of sp³-hybridized carbons (Fsp3) is 0.480. The Labute approximate surface area is 191 Å². The predicted octanol–water partition coefficient (Wildman–Crippen LogP) is 3.96. The fourth-order valence-electron chi connectivity index (χ4n) is 4.70. The molecule has 32 heavy (non-hydrogen) atoms. The molecular formula is C25H32N2O4S. The number of aryl methyl sites for hydroxylation is 1. The van der Waals surface area contributed by atoms with Crippen molar-refractivity contribution in [3.05, 3.63) is 59.7 Å². The highest BCUT2D eigenvalue weighted by molar-refractivity contribution is 7.89. The van der Waals surface area contributed by atoms with Gasteiger partial charge in [0, 0.05) is 31.7 Å². The summed E-state index contributed by atoms with van der Waals surface area (Å²) in [4.78, 5) is 15.1. The second-order valence-electron chi connectivity index (χ2n) is 8.74. The monoisotopic (exact) mass is 456 g/mol. The van der Waals surface area contributed by atoms with Gasteiger partial charge in [0.2, 0.25) is 10.0 Å². The number of likely N-dealkylation sites (tertiary alicyclic amines) is 1. The maximum Gasteiger partial charge on any atom is 0.253 e. The number of nitrogens with zero attached hydrogens (tertiary/aromatic N) is 2. The van der Waals surface area contributed by atoms with E-state index in [1.54, 1.807) is 12.1 Å². The molecular weight excluding hydrogens is 424 g/mol. The predicted molar refractivity (Wildman–Crippen MR) is 124 cm³/mol. The van der Waals surface area contributed by atoms with E-state index in [2.05, 4.69) is 24.3 Å². The van der Waals surface area contributed by atoms with Crippen LogP contribution in [-0.2, 0) is 16.4 Å². The molecule has 0 unspecified atom stereocenters. The molecule has 0 radical (unpaired) electrons. The number of amides is 1. The average molecular weight is 457 g/mol. The Morgan fingerprint density at radius 1 is 1.00 bits per heavy atom. The van der Waals surface area contributed by atoms with Gasteiger partial charge in [-0.1, -0.05) is 30.3 Å². The second-order valence-corrected chi connectivity index (χ2v) is 10.6. The minimum absolute atomic E-state index is 0.0884. The van der Waals surface area contributed by atoms with Crippen molar-refractivity contribution in [3.8, 4) is 5.75 Å². The number of hydrogen-bond acceptors (Lipinski definition) is 4. The Balaban J connectivity index is 1.41. The van der Waals surface area contributed by atoms with Gasteiger partial charge < -0.3 is 9.64 Å². The zero-order chi connectivity index (χ0) is 22.6. The van der Waals surface area contributed by atoms with Crippen LogP contribution in [0.15, 0.2) is 53.4 Å². The molecule has 0 N–H and O–H groups in total. The molecule has 0 bridgehead atoms. The van der Waals surface area contributed by atoms with Crippen LogP contribution in [0.3, 0.4) is 0 Å². The van der Waals surface area contributed by atoms with Crippen molar-refractivity contribution in [2.24, 2.45) is 5.92 Å². The third-order valence-electron chi connectivity index (χ3n) is 6.68. The maximum absolute atomic E-state index is 13.2. The van der Waals surface area contributed by atoms with Crippen LogP contribution in [-0.4, -0.2) is 56.8 Å². The number of ether oxygens (including phenoxy) is 1. The lowest BCUT2D eigenvalue weighted by atomic mass is 9.90. The van der Waals surface area contributed by atoms with Crippen molar-refractivity contribution in [3.63, 3.8) is 0 Å². The molecule has 7 heteroatoms. The number of rotatable bonds is 7. The number of hydrogen-bond donors (Lipinski definition) is 0. The summed E-state index contributed by atoms with van der Waals surface area (Å²) in [5, 5.41) is 0. The molecule has 2 aromatic carbocycles. The molecule has 0 aliphatic carbocycles. The van der Waals surface area contributed by atoms with Crippen LogP contribution in [0.2, 0.25) is 0 Å². The molecule has 6 nitrogen and oxygen atoms in total. The lowest BCUT2D eigenvalue weighted by molar-refractivity contribution is 0.0686. The molecule has 0 aromatic heterocycles. The molecule has 2 aliphatic rings. The molecule has 0 saturated carbocycles. The zero-order valence-corrected chi connectivity index (χ0v) is 19.5. The van der Waals surface area contributed by atoms with Crippen LogP contribution in [0.5, 0.6) is 5.75 Å². The van der Waals surface area contributed by atoms with Crippen LogP contribution in [0, 0.1) is 5.92 Å². The van der Waals surface area contributed by atoms with E-state index in [1.807, 2.05) is 11.0 Å². The Morgan fingerprint density at radius 2 is 1.69 bits per heavy atom. The lowest BCUT2D eigenvalue weighted by Gasteiger charge is -2.32. The zero-order valence-electron chi connectivity index (χ0n) is 18.7. The van der Waals surface area contributed by atoms with E-state index >= 15 is 0 Å². The highest BCUT2D eigenvalue weighted by atomic mass is 32.2. The number of methoxy groups -OCH3 is 1. The number of sulfonamides is 1. The topological polar surface area (TPSA) is 66.9 Å².